The van der Waals surface area contributed by atoms with E-state index in [1.165, 1.54) is 0 Å². The van der Waals surface area contributed by atoms with E-state index in [9.17, 15) is 4.79 Å². The lowest BCUT2D eigenvalue weighted by atomic mass is 10.2. The summed E-state index contributed by atoms with van der Waals surface area (Å²) >= 11 is 0. The van der Waals surface area contributed by atoms with Crippen molar-refractivity contribution in [3.63, 3.8) is 0 Å². The molecule has 0 atom stereocenters. The molecular weight excluding hydrogens is 320 g/mol. The third-order valence-corrected chi connectivity index (χ3v) is 4.27. The molecule has 1 aliphatic rings. The number of para-hydroxylation sites is 1. The van der Waals surface area contributed by atoms with E-state index in [4.69, 9.17) is 14.2 Å². The normalized spacial score (nSPS) is 12.9. The van der Waals surface area contributed by atoms with E-state index in [2.05, 4.69) is 5.32 Å². The zero-order valence-corrected chi connectivity index (χ0v) is 14.0. The van der Waals surface area contributed by atoms with Crippen LogP contribution in [0.15, 0.2) is 42.5 Å². The summed E-state index contributed by atoms with van der Waals surface area (Å²) in [5.74, 6) is 1.87. The molecule has 1 amide bonds. The van der Waals surface area contributed by atoms with Crippen LogP contribution in [0, 0.1) is 0 Å². The van der Waals surface area contributed by atoms with Gasteiger partial charge in [0.05, 0.1) is 12.6 Å². The van der Waals surface area contributed by atoms with Crippen LogP contribution in [0.3, 0.4) is 0 Å². The van der Waals surface area contributed by atoms with Gasteiger partial charge in [-0.1, -0.05) is 12.1 Å². The Balaban J connectivity index is 1.65. The summed E-state index contributed by atoms with van der Waals surface area (Å²) in [5, 5.41) is 3.86. The molecule has 6 heteroatoms. The van der Waals surface area contributed by atoms with Crippen LogP contribution in [0.2, 0.25) is 0 Å². The van der Waals surface area contributed by atoms with E-state index in [0.29, 0.717) is 36.1 Å². The second-order valence-corrected chi connectivity index (χ2v) is 5.80. The minimum atomic E-state index is -0.197. The molecule has 3 aromatic rings. The number of aromatic nitrogens is 1. The summed E-state index contributed by atoms with van der Waals surface area (Å²) in [7, 11) is 3.47. The van der Waals surface area contributed by atoms with Crippen molar-refractivity contribution in [1.29, 1.82) is 0 Å². The number of anilines is 1. The number of benzene rings is 2. The lowest BCUT2D eigenvalue weighted by Gasteiger charge is -2.19. The molecule has 2 heterocycles. The maximum absolute atomic E-state index is 12.7. The summed E-state index contributed by atoms with van der Waals surface area (Å²) in [6, 6.07) is 13.0. The number of carbonyl (C=O) groups excluding carboxylic acids is 1. The molecule has 4 rings (SSSR count). The number of rotatable bonds is 3. The van der Waals surface area contributed by atoms with Crippen molar-refractivity contribution in [2.45, 2.75) is 0 Å². The summed E-state index contributed by atoms with van der Waals surface area (Å²) in [6.45, 7) is 1.05. The van der Waals surface area contributed by atoms with E-state index in [1.54, 1.807) is 25.3 Å². The molecule has 25 heavy (non-hydrogen) atoms. The Kier molecular flexibility index (Phi) is 3.72. The molecule has 0 unspecified atom stereocenters. The van der Waals surface area contributed by atoms with Crippen LogP contribution < -0.4 is 19.5 Å². The second-order valence-electron chi connectivity index (χ2n) is 5.80. The third kappa shape index (κ3) is 2.65. The highest BCUT2D eigenvalue weighted by Gasteiger charge is 2.17. The number of amides is 1. The first-order valence-electron chi connectivity index (χ1n) is 8.01. The van der Waals surface area contributed by atoms with Gasteiger partial charge in [0.15, 0.2) is 11.5 Å². The fourth-order valence-electron chi connectivity index (χ4n) is 3.08. The van der Waals surface area contributed by atoms with Gasteiger partial charge in [-0.3, -0.25) is 4.79 Å². The molecule has 1 aromatic heterocycles. The summed E-state index contributed by atoms with van der Waals surface area (Å²) in [4.78, 5) is 12.7. The first-order valence-corrected chi connectivity index (χ1v) is 8.01. The minimum Gasteiger partial charge on any atom is -0.495 e. The SMILES string of the molecule is COc1cccc2cc(C(=O)Nc3ccc4c(c3)OCCO4)n(C)c12. The molecule has 128 valence electrons. The molecule has 6 nitrogen and oxygen atoms in total. The Morgan fingerprint density at radius 1 is 1.12 bits per heavy atom. The number of methoxy groups -OCH3 is 1. The number of aryl methyl sites for hydroxylation is 1. The lowest BCUT2D eigenvalue weighted by molar-refractivity contribution is 0.101. The van der Waals surface area contributed by atoms with Gasteiger partial charge in [0.25, 0.3) is 5.91 Å². The number of carbonyl (C=O) groups is 1. The molecular formula is C19H18N2O4. The van der Waals surface area contributed by atoms with Crippen LogP contribution in [0.4, 0.5) is 5.69 Å². The highest BCUT2D eigenvalue weighted by molar-refractivity contribution is 6.07. The molecule has 1 N–H and O–H groups in total. The quantitative estimate of drug-likeness (QED) is 0.796. The van der Waals surface area contributed by atoms with Crippen molar-refractivity contribution < 1.29 is 19.0 Å². The number of nitrogens with one attached hydrogen (secondary N) is 1. The van der Waals surface area contributed by atoms with Crippen molar-refractivity contribution in [3.05, 3.63) is 48.2 Å². The molecule has 2 aromatic carbocycles. The predicted octanol–water partition coefficient (Wildman–Crippen LogP) is 3.21. The third-order valence-electron chi connectivity index (χ3n) is 4.27. The summed E-state index contributed by atoms with van der Waals surface area (Å²) in [6.07, 6.45) is 0. The van der Waals surface area contributed by atoms with E-state index in [0.717, 1.165) is 16.7 Å². The smallest absolute Gasteiger partial charge is 0.272 e. The molecule has 1 aliphatic heterocycles. The van der Waals surface area contributed by atoms with Gasteiger partial charge in [-0.05, 0) is 24.3 Å². The first-order chi connectivity index (χ1) is 12.2. The van der Waals surface area contributed by atoms with Gasteiger partial charge in [0.2, 0.25) is 0 Å². The maximum atomic E-state index is 12.7. The molecule has 0 spiro atoms. The molecule has 0 saturated heterocycles. The van der Waals surface area contributed by atoms with Crippen LogP contribution >= 0.6 is 0 Å². The zero-order chi connectivity index (χ0) is 17.4. The molecule has 0 aliphatic carbocycles. The van der Waals surface area contributed by atoms with Crippen LogP contribution in [-0.4, -0.2) is 30.8 Å². The van der Waals surface area contributed by atoms with Crippen LogP contribution in [0.25, 0.3) is 10.9 Å². The van der Waals surface area contributed by atoms with Gasteiger partial charge < -0.3 is 24.1 Å². The second kappa shape index (κ2) is 6.05. The fraction of sp³-hybridized carbons (Fsp3) is 0.211. The Morgan fingerprint density at radius 3 is 2.72 bits per heavy atom. The van der Waals surface area contributed by atoms with Gasteiger partial charge in [-0.2, -0.15) is 0 Å². The van der Waals surface area contributed by atoms with E-state index in [1.807, 2.05) is 35.9 Å². The molecule has 0 fully saturated rings. The van der Waals surface area contributed by atoms with Crippen molar-refractivity contribution in [3.8, 4) is 17.2 Å². The van der Waals surface area contributed by atoms with Crippen molar-refractivity contribution in [2.75, 3.05) is 25.6 Å². The first kappa shape index (κ1) is 15.4. The zero-order valence-electron chi connectivity index (χ0n) is 14.0. The number of hydrogen-bond donors (Lipinski definition) is 1. The van der Waals surface area contributed by atoms with Crippen LogP contribution in [0.5, 0.6) is 17.2 Å². The number of hydrogen-bond acceptors (Lipinski definition) is 4. The van der Waals surface area contributed by atoms with Crippen LogP contribution in [0.1, 0.15) is 10.5 Å². The number of fused-ring (bicyclic) bond motifs is 2. The van der Waals surface area contributed by atoms with Gasteiger partial charge in [0, 0.05) is 24.2 Å². The van der Waals surface area contributed by atoms with Crippen molar-refractivity contribution in [1.82, 2.24) is 4.57 Å². The summed E-state index contributed by atoms with van der Waals surface area (Å²) < 4.78 is 18.3. The highest BCUT2D eigenvalue weighted by Crippen LogP contribution is 2.33. The Morgan fingerprint density at radius 2 is 1.92 bits per heavy atom. The van der Waals surface area contributed by atoms with Gasteiger partial charge in [-0.25, -0.2) is 0 Å². The van der Waals surface area contributed by atoms with Crippen molar-refractivity contribution >= 4 is 22.5 Å². The Labute approximate surface area is 144 Å². The highest BCUT2D eigenvalue weighted by atomic mass is 16.6. The average Bonchev–Trinajstić information content (AvgIpc) is 2.99. The Bertz CT molecular complexity index is 961. The van der Waals surface area contributed by atoms with Crippen molar-refractivity contribution in [2.24, 2.45) is 7.05 Å². The minimum absolute atomic E-state index is 0.197. The molecule has 0 bridgehead atoms. The lowest BCUT2D eigenvalue weighted by Crippen LogP contribution is -2.17. The Hall–Kier alpha value is -3.15. The van der Waals surface area contributed by atoms with Gasteiger partial charge in [0.1, 0.15) is 24.7 Å². The number of ether oxygens (including phenoxy) is 3. The van der Waals surface area contributed by atoms with Gasteiger partial charge >= 0.3 is 0 Å². The van der Waals surface area contributed by atoms with E-state index in [-0.39, 0.29) is 5.91 Å². The van der Waals surface area contributed by atoms with Crippen LogP contribution in [-0.2, 0) is 7.05 Å². The van der Waals surface area contributed by atoms with Gasteiger partial charge in [-0.15, -0.1) is 0 Å². The summed E-state index contributed by atoms with van der Waals surface area (Å²) in [5.41, 5.74) is 2.10. The topological polar surface area (TPSA) is 61.7 Å². The number of nitrogens with zero attached hydrogens (tertiary/aromatic N) is 1. The fourth-order valence-corrected chi connectivity index (χ4v) is 3.08. The predicted molar refractivity (Wildman–Crippen MR) is 94.9 cm³/mol. The largest absolute Gasteiger partial charge is 0.495 e. The van der Waals surface area contributed by atoms with E-state index >= 15 is 0 Å². The average molecular weight is 338 g/mol. The molecule has 0 saturated carbocycles. The monoisotopic (exact) mass is 338 g/mol. The molecule has 0 radical (unpaired) electrons. The van der Waals surface area contributed by atoms with E-state index < -0.39 is 0 Å². The standard InChI is InChI=1S/C19H18N2O4/c1-21-14(10-12-4-3-5-16(23-2)18(12)21)19(22)20-13-6-7-15-17(11-13)25-9-8-24-15/h3-7,10-11H,8-9H2,1-2H3,(H,20,22). The maximum Gasteiger partial charge on any atom is 0.272 e.